The molecule has 0 aromatic heterocycles. The Morgan fingerprint density at radius 1 is 1.00 bits per heavy atom. The number of methoxy groups -OCH3 is 1. The molecule has 2 aromatic rings. The van der Waals surface area contributed by atoms with Crippen LogP contribution in [0.3, 0.4) is 0 Å². The Morgan fingerprint density at radius 2 is 1.74 bits per heavy atom. The molecule has 3 rings (SSSR count). The van der Waals surface area contributed by atoms with Gasteiger partial charge in [0.2, 0.25) is 0 Å². The standard InChI is InChI=1S/C26H28Cl2N2O5/c1-3-4-5-6-7-8-12-35-23-21(28)14-17(15-22(23)34-2)13-20-24(31)29-26(33)30(25(20)32)19-11-9-10-18(27)16-19/h9-11,13-16H,3-8,12H2,1-2H3,(H,29,31,33)/b20-13+. The molecule has 9 heteroatoms. The second kappa shape index (κ2) is 12.6. The summed E-state index contributed by atoms with van der Waals surface area (Å²) >= 11 is 12.5. The third kappa shape index (κ3) is 6.77. The van der Waals surface area contributed by atoms with E-state index in [1.54, 1.807) is 30.3 Å². The summed E-state index contributed by atoms with van der Waals surface area (Å²) in [6, 6.07) is 8.57. The van der Waals surface area contributed by atoms with E-state index in [2.05, 4.69) is 12.2 Å². The Kier molecular flexibility index (Phi) is 9.57. The molecule has 35 heavy (non-hydrogen) atoms. The predicted octanol–water partition coefficient (Wildman–Crippen LogP) is 6.41. The molecule has 1 fully saturated rings. The largest absolute Gasteiger partial charge is 0.493 e. The minimum absolute atomic E-state index is 0.233. The number of benzene rings is 2. The average Bonchev–Trinajstić information content (AvgIpc) is 2.82. The lowest BCUT2D eigenvalue weighted by atomic mass is 10.1. The Labute approximate surface area is 215 Å². The van der Waals surface area contributed by atoms with Gasteiger partial charge in [-0.15, -0.1) is 0 Å². The second-order valence-corrected chi connectivity index (χ2v) is 8.93. The lowest BCUT2D eigenvalue weighted by molar-refractivity contribution is -0.122. The predicted molar refractivity (Wildman–Crippen MR) is 137 cm³/mol. The third-order valence-electron chi connectivity index (χ3n) is 5.48. The molecule has 7 nitrogen and oxygen atoms in total. The van der Waals surface area contributed by atoms with Gasteiger partial charge in [0.05, 0.1) is 24.4 Å². The maximum absolute atomic E-state index is 13.1. The molecule has 0 unspecified atom stereocenters. The SMILES string of the molecule is CCCCCCCCOc1c(Cl)cc(/C=C2\C(=O)NC(=O)N(c3cccc(Cl)c3)C2=O)cc1OC. The van der Waals surface area contributed by atoms with Crippen molar-refractivity contribution in [3.63, 3.8) is 0 Å². The highest BCUT2D eigenvalue weighted by atomic mass is 35.5. The Hall–Kier alpha value is -3.03. The van der Waals surface area contributed by atoms with Crippen molar-refractivity contribution in [2.75, 3.05) is 18.6 Å². The lowest BCUT2D eigenvalue weighted by Crippen LogP contribution is -2.54. The van der Waals surface area contributed by atoms with Gasteiger partial charge in [0.15, 0.2) is 11.5 Å². The molecule has 1 N–H and O–H groups in total. The molecule has 4 amide bonds. The van der Waals surface area contributed by atoms with Gasteiger partial charge in [-0.05, 0) is 48.4 Å². The first kappa shape index (κ1) is 26.6. The van der Waals surface area contributed by atoms with Crippen LogP contribution in [0.25, 0.3) is 6.08 Å². The van der Waals surface area contributed by atoms with Crippen LogP contribution in [0.4, 0.5) is 10.5 Å². The number of imide groups is 2. The number of carbonyl (C=O) groups excluding carboxylic acids is 3. The molecule has 0 bridgehead atoms. The van der Waals surface area contributed by atoms with E-state index in [1.807, 2.05) is 0 Å². The monoisotopic (exact) mass is 518 g/mol. The zero-order valence-electron chi connectivity index (χ0n) is 19.7. The van der Waals surface area contributed by atoms with Crippen molar-refractivity contribution in [1.29, 1.82) is 0 Å². The highest BCUT2D eigenvalue weighted by molar-refractivity contribution is 6.39. The number of hydrogen-bond acceptors (Lipinski definition) is 5. The first-order valence-corrected chi connectivity index (χ1v) is 12.3. The fourth-order valence-electron chi connectivity index (χ4n) is 3.69. The maximum atomic E-state index is 13.1. The number of hydrogen-bond donors (Lipinski definition) is 1. The fraction of sp³-hybridized carbons (Fsp3) is 0.346. The normalized spacial score (nSPS) is 14.9. The van der Waals surface area contributed by atoms with Crippen molar-refractivity contribution in [2.24, 2.45) is 0 Å². The van der Waals surface area contributed by atoms with E-state index >= 15 is 0 Å². The molecule has 0 aliphatic carbocycles. The van der Waals surface area contributed by atoms with E-state index in [4.69, 9.17) is 32.7 Å². The number of nitrogens with zero attached hydrogens (tertiary/aromatic N) is 1. The minimum atomic E-state index is -0.853. The van der Waals surface area contributed by atoms with Crippen LogP contribution in [0, 0.1) is 0 Å². The van der Waals surface area contributed by atoms with Crippen LogP contribution >= 0.6 is 23.2 Å². The van der Waals surface area contributed by atoms with Crippen molar-refractivity contribution in [2.45, 2.75) is 45.4 Å². The molecule has 1 aliphatic rings. The van der Waals surface area contributed by atoms with E-state index in [0.717, 1.165) is 17.7 Å². The van der Waals surface area contributed by atoms with Crippen molar-refractivity contribution in [3.05, 3.63) is 57.6 Å². The zero-order valence-corrected chi connectivity index (χ0v) is 21.2. The van der Waals surface area contributed by atoms with Gasteiger partial charge in [-0.1, -0.05) is 68.3 Å². The fourth-order valence-corrected chi connectivity index (χ4v) is 4.15. The average molecular weight is 519 g/mol. The maximum Gasteiger partial charge on any atom is 0.335 e. The lowest BCUT2D eigenvalue weighted by Gasteiger charge is -2.26. The number of ether oxygens (including phenoxy) is 2. The van der Waals surface area contributed by atoms with Crippen molar-refractivity contribution >= 4 is 52.8 Å². The molecular weight excluding hydrogens is 491 g/mol. The molecular formula is C26H28Cl2N2O5. The number of urea groups is 1. The number of carbonyl (C=O) groups is 3. The van der Waals surface area contributed by atoms with E-state index < -0.39 is 17.8 Å². The smallest absolute Gasteiger partial charge is 0.335 e. The minimum Gasteiger partial charge on any atom is -0.493 e. The molecule has 0 saturated carbocycles. The van der Waals surface area contributed by atoms with E-state index in [1.165, 1.54) is 44.9 Å². The highest BCUT2D eigenvalue weighted by Crippen LogP contribution is 2.37. The quantitative estimate of drug-likeness (QED) is 0.211. The van der Waals surface area contributed by atoms with Gasteiger partial charge in [0.25, 0.3) is 11.8 Å². The molecule has 1 saturated heterocycles. The van der Waals surface area contributed by atoms with Crippen molar-refractivity contribution < 1.29 is 23.9 Å². The molecule has 1 aliphatic heterocycles. The first-order valence-electron chi connectivity index (χ1n) is 11.5. The molecule has 0 spiro atoms. The zero-order chi connectivity index (χ0) is 25.4. The van der Waals surface area contributed by atoms with Gasteiger partial charge in [-0.25, -0.2) is 9.69 Å². The van der Waals surface area contributed by atoms with E-state index in [-0.39, 0.29) is 16.3 Å². The van der Waals surface area contributed by atoms with Crippen molar-refractivity contribution in [1.82, 2.24) is 5.32 Å². The summed E-state index contributed by atoms with van der Waals surface area (Å²) in [5.41, 5.74) is 0.452. The summed E-state index contributed by atoms with van der Waals surface area (Å²) in [6.07, 6.45) is 8.15. The number of rotatable bonds is 11. The molecule has 186 valence electrons. The highest BCUT2D eigenvalue weighted by Gasteiger charge is 2.37. The number of barbiturate groups is 1. The van der Waals surface area contributed by atoms with Crippen LogP contribution in [0.5, 0.6) is 11.5 Å². The summed E-state index contributed by atoms with van der Waals surface area (Å²) in [6.45, 7) is 2.68. The topological polar surface area (TPSA) is 84.9 Å². The number of halogens is 2. The summed E-state index contributed by atoms with van der Waals surface area (Å²) in [4.78, 5) is 38.8. The van der Waals surface area contributed by atoms with Gasteiger partial charge in [0.1, 0.15) is 5.57 Å². The first-order chi connectivity index (χ1) is 16.8. The van der Waals surface area contributed by atoms with Gasteiger partial charge >= 0.3 is 6.03 Å². The molecule has 0 radical (unpaired) electrons. The number of unbranched alkanes of at least 4 members (excludes halogenated alkanes) is 5. The van der Waals surface area contributed by atoms with Crippen LogP contribution in [0.15, 0.2) is 42.0 Å². The Balaban J connectivity index is 1.79. The summed E-state index contributed by atoms with van der Waals surface area (Å²) < 4.78 is 11.3. The molecule has 0 atom stereocenters. The van der Waals surface area contributed by atoms with Crippen molar-refractivity contribution in [3.8, 4) is 11.5 Å². The number of amides is 4. The van der Waals surface area contributed by atoms with Gasteiger partial charge in [0, 0.05) is 5.02 Å². The third-order valence-corrected chi connectivity index (χ3v) is 5.99. The Morgan fingerprint density at radius 3 is 2.46 bits per heavy atom. The van der Waals surface area contributed by atoms with Crippen LogP contribution in [0.2, 0.25) is 10.0 Å². The van der Waals surface area contributed by atoms with Crippen LogP contribution < -0.4 is 19.7 Å². The second-order valence-electron chi connectivity index (χ2n) is 8.09. The van der Waals surface area contributed by atoms with Crippen LogP contribution in [0.1, 0.15) is 51.0 Å². The van der Waals surface area contributed by atoms with E-state index in [9.17, 15) is 14.4 Å². The van der Waals surface area contributed by atoms with E-state index in [0.29, 0.717) is 28.7 Å². The molecule has 2 aromatic carbocycles. The summed E-state index contributed by atoms with van der Waals surface area (Å²) in [7, 11) is 1.48. The summed E-state index contributed by atoms with van der Waals surface area (Å²) in [5.74, 6) is -0.807. The summed E-state index contributed by atoms with van der Waals surface area (Å²) in [5, 5.41) is 2.81. The number of anilines is 1. The molecule has 1 heterocycles. The van der Waals surface area contributed by atoms with Crippen LogP contribution in [-0.2, 0) is 9.59 Å². The van der Waals surface area contributed by atoms with Gasteiger partial charge in [-0.2, -0.15) is 0 Å². The van der Waals surface area contributed by atoms with Crippen LogP contribution in [-0.4, -0.2) is 31.6 Å². The Bertz CT molecular complexity index is 1130. The van der Waals surface area contributed by atoms with Gasteiger partial charge in [-0.3, -0.25) is 14.9 Å². The number of nitrogens with one attached hydrogen (secondary N) is 1. The van der Waals surface area contributed by atoms with Gasteiger partial charge < -0.3 is 9.47 Å².